The van der Waals surface area contributed by atoms with Crippen molar-refractivity contribution in [1.82, 2.24) is 15.5 Å². The van der Waals surface area contributed by atoms with Gasteiger partial charge in [0, 0.05) is 50.4 Å². The van der Waals surface area contributed by atoms with E-state index in [1.807, 2.05) is 25.2 Å². The maximum Gasteiger partial charge on any atom is 0.227 e. The first-order chi connectivity index (χ1) is 14.0. The number of benzene rings is 1. The van der Waals surface area contributed by atoms with Crippen LogP contribution in [0, 0.1) is 11.8 Å². The molecular formula is C23H37N5O. The van der Waals surface area contributed by atoms with E-state index in [0.29, 0.717) is 24.5 Å². The van der Waals surface area contributed by atoms with Crippen LogP contribution < -0.4 is 16.0 Å². The van der Waals surface area contributed by atoms with Gasteiger partial charge in [-0.1, -0.05) is 31.9 Å². The molecule has 1 aliphatic heterocycles. The Labute approximate surface area is 175 Å². The molecule has 1 aliphatic carbocycles. The van der Waals surface area contributed by atoms with Crippen molar-refractivity contribution in [3.63, 3.8) is 0 Å². The SMILES string of the molecule is CN=C(NCc1cccc(NC(=O)C2CCCC2)c1)NC1CN(C(C)C)CC1C. The molecule has 29 heavy (non-hydrogen) atoms. The molecule has 0 radical (unpaired) electrons. The van der Waals surface area contributed by atoms with Gasteiger partial charge < -0.3 is 16.0 Å². The Morgan fingerprint density at radius 3 is 2.66 bits per heavy atom. The Kier molecular flexibility index (Phi) is 7.53. The van der Waals surface area contributed by atoms with E-state index in [1.54, 1.807) is 0 Å². The van der Waals surface area contributed by atoms with Crippen molar-refractivity contribution in [2.75, 3.05) is 25.5 Å². The second-order valence-electron chi connectivity index (χ2n) is 8.87. The summed E-state index contributed by atoms with van der Waals surface area (Å²) in [4.78, 5) is 19.3. The van der Waals surface area contributed by atoms with Crippen molar-refractivity contribution in [1.29, 1.82) is 0 Å². The maximum absolute atomic E-state index is 12.4. The molecule has 2 atom stereocenters. The highest BCUT2D eigenvalue weighted by atomic mass is 16.1. The summed E-state index contributed by atoms with van der Waals surface area (Å²) in [5.41, 5.74) is 2.00. The van der Waals surface area contributed by atoms with Crippen LogP contribution >= 0.6 is 0 Å². The fourth-order valence-corrected chi connectivity index (χ4v) is 4.36. The third-order valence-electron chi connectivity index (χ3n) is 6.30. The summed E-state index contributed by atoms with van der Waals surface area (Å²) < 4.78 is 0. The lowest BCUT2D eigenvalue weighted by molar-refractivity contribution is -0.119. The molecule has 1 saturated carbocycles. The number of rotatable bonds is 6. The highest BCUT2D eigenvalue weighted by Gasteiger charge is 2.31. The molecule has 3 N–H and O–H groups in total. The van der Waals surface area contributed by atoms with E-state index in [1.165, 1.54) is 12.8 Å². The van der Waals surface area contributed by atoms with Crippen LogP contribution in [-0.4, -0.2) is 49.0 Å². The maximum atomic E-state index is 12.4. The van der Waals surface area contributed by atoms with Crippen LogP contribution in [0.1, 0.15) is 52.0 Å². The van der Waals surface area contributed by atoms with Gasteiger partial charge in [-0.25, -0.2) is 0 Å². The number of aliphatic imine (C=N–C) groups is 1. The lowest BCUT2D eigenvalue weighted by atomic mass is 10.1. The van der Waals surface area contributed by atoms with Gasteiger partial charge in [0.15, 0.2) is 5.96 Å². The van der Waals surface area contributed by atoms with E-state index in [9.17, 15) is 4.79 Å². The lowest BCUT2D eigenvalue weighted by Crippen LogP contribution is -2.46. The molecule has 0 aromatic heterocycles. The number of nitrogens with one attached hydrogen (secondary N) is 3. The lowest BCUT2D eigenvalue weighted by Gasteiger charge is -2.22. The molecule has 1 heterocycles. The Hall–Kier alpha value is -2.08. The van der Waals surface area contributed by atoms with Crippen LogP contribution in [0.3, 0.4) is 0 Å². The molecule has 0 spiro atoms. The second-order valence-corrected chi connectivity index (χ2v) is 8.87. The fourth-order valence-electron chi connectivity index (χ4n) is 4.36. The molecule has 1 saturated heterocycles. The van der Waals surface area contributed by atoms with Crippen LogP contribution in [0.4, 0.5) is 5.69 Å². The number of anilines is 1. The van der Waals surface area contributed by atoms with Gasteiger partial charge in [0.05, 0.1) is 0 Å². The van der Waals surface area contributed by atoms with Gasteiger partial charge in [-0.3, -0.25) is 14.7 Å². The summed E-state index contributed by atoms with van der Waals surface area (Å²) in [5, 5.41) is 10.1. The smallest absolute Gasteiger partial charge is 0.227 e. The zero-order chi connectivity index (χ0) is 20.8. The molecule has 2 unspecified atom stereocenters. The van der Waals surface area contributed by atoms with Crippen LogP contribution in [0.2, 0.25) is 0 Å². The van der Waals surface area contributed by atoms with E-state index in [2.05, 4.69) is 52.7 Å². The molecule has 2 aliphatic rings. The molecule has 0 bridgehead atoms. The molecule has 3 rings (SSSR count). The zero-order valence-electron chi connectivity index (χ0n) is 18.4. The summed E-state index contributed by atoms with van der Waals surface area (Å²) in [6.07, 6.45) is 4.37. The third-order valence-corrected chi connectivity index (χ3v) is 6.30. The van der Waals surface area contributed by atoms with Gasteiger partial charge in [0.2, 0.25) is 5.91 Å². The van der Waals surface area contributed by atoms with Crippen LogP contribution in [-0.2, 0) is 11.3 Å². The van der Waals surface area contributed by atoms with Crippen molar-refractivity contribution in [3.8, 4) is 0 Å². The summed E-state index contributed by atoms with van der Waals surface area (Å²) in [6.45, 7) is 9.63. The predicted octanol–water partition coefficient (Wildman–Crippen LogP) is 3.21. The van der Waals surface area contributed by atoms with E-state index in [0.717, 1.165) is 43.1 Å². The number of likely N-dealkylation sites (tertiary alicyclic amines) is 1. The molecule has 1 aromatic carbocycles. The van der Waals surface area contributed by atoms with Gasteiger partial charge >= 0.3 is 0 Å². The standard InChI is InChI=1S/C23H37N5O/c1-16(2)28-14-17(3)21(15-28)27-23(24-4)25-13-18-8-7-11-20(12-18)26-22(29)19-9-5-6-10-19/h7-8,11-12,16-17,19,21H,5-6,9-10,13-15H2,1-4H3,(H,26,29)(H2,24,25,27). The van der Waals surface area contributed by atoms with E-state index >= 15 is 0 Å². The number of carbonyl (C=O) groups is 1. The average Bonchev–Trinajstić information content (AvgIpc) is 3.36. The predicted molar refractivity (Wildman–Crippen MR) is 120 cm³/mol. The van der Waals surface area contributed by atoms with E-state index < -0.39 is 0 Å². The fraction of sp³-hybridized carbons (Fsp3) is 0.652. The summed E-state index contributed by atoms with van der Waals surface area (Å²) in [6, 6.07) is 9.05. The van der Waals surface area contributed by atoms with E-state index in [4.69, 9.17) is 0 Å². The van der Waals surface area contributed by atoms with Gasteiger partial charge in [-0.05, 0) is 50.3 Å². The van der Waals surface area contributed by atoms with Crippen LogP contribution in [0.5, 0.6) is 0 Å². The summed E-state index contributed by atoms with van der Waals surface area (Å²) in [7, 11) is 1.81. The Morgan fingerprint density at radius 1 is 1.24 bits per heavy atom. The topological polar surface area (TPSA) is 68.8 Å². The molecule has 160 valence electrons. The third kappa shape index (κ3) is 5.95. The van der Waals surface area contributed by atoms with E-state index in [-0.39, 0.29) is 11.8 Å². The molecule has 1 amide bonds. The molecule has 6 heteroatoms. The second kappa shape index (κ2) is 10.1. The van der Waals surface area contributed by atoms with Crippen molar-refractivity contribution in [2.24, 2.45) is 16.8 Å². The number of guanidine groups is 1. The number of nitrogens with zero attached hydrogens (tertiary/aromatic N) is 2. The molecular weight excluding hydrogens is 362 g/mol. The number of hydrogen-bond donors (Lipinski definition) is 3. The molecule has 1 aromatic rings. The van der Waals surface area contributed by atoms with Gasteiger partial charge in [0.1, 0.15) is 0 Å². The average molecular weight is 400 g/mol. The zero-order valence-corrected chi connectivity index (χ0v) is 18.4. The Morgan fingerprint density at radius 2 is 2.00 bits per heavy atom. The quantitative estimate of drug-likeness (QED) is 0.508. The van der Waals surface area contributed by atoms with Gasteiger partial charge in [-0.15, -0.1) is 0 Å². The minimum absolute atomic E-state index is 0.162. The first kappa shape index (κ1) is 21.6. The number of carbonyl (C=O) groups excluding carboxylic acids is 1. The van der Waals surface area contributed by atoms with Gasteiger partial charge in [0.25, 0.3) is 0 Å². The Bertz CT molecular complexity index is 711. The van der Waals surface area contributed by atoms with Crippen molar-refractivity contribution < 1.29 is 4.79 Å². The molecule has 2 fully saturated rings. The minimum atomic E-state index is 0.162. The molecule has 6 nitrogen and oxygen atoms in total. The highest BCUT2D eigenvalue weighted by molar-refractivity contribution is 5.92. The largest absolute Gasteiger partial charge is 0.352 e. The van der Waals surface area contributed by atoms with Crippen molar-refractivity contribution >= 4 is 17.6 Å². The normalized spacial score (nSPS) is 23.6. The Balaban J connectivity index is 1.51. The summed E-state index contributed by atoms with van der Waals surface area (Å²) >= 11 is 0. The highest BCUT2D eigenvalue weighted by Crippen LogP contribution is 2.26. The minimum Gasteiger partial charge on any atom is -0.352 e. The first-order valence-corrected chi connectivity index (χ1v) is 11.1. The number of amides is 1. The van der Waals surface area contributed by atoms with Gasteiger partial charge in [-0.2, -0.15) is 0 Å². The van der Waals surface area contributed by atoms with Crippen molar-refractivity contribution in [2.45, 2.75) is 65.1 Å². The first-order valence-electron chi connectivity index (χ1n) is 11.1. The number of hydrogen-bond acceptors (Lipinski definition) is 3. The monoisotopic (exact) mass is 399 g/mol. The summed E-state index contributed by atoms with van der Waals surface area (Å²) in [5.74, 6) is 1.76. The van der Waals surface area contributed by atoms with Crippen LogP contribution in [0.15, 0.2) is 29.3 Å². The van der Waals surface area contributed by atoms with Crippen molar-refractivity contribution in [3.05, 3.63) is 29.8 Å². The van der Waals surface area contributed by atoms with Crippen LogP contribution in [0.25, 0.3) is 0 Å².